The third-order valence-corrected chi connectivity index (χ3v) is 6.94. The van der Waals surface area contributed by atoms with Gasteiger partial charge in [0.25, 0.3) is 0 Å². The maximum Gasteiger partial charge on any atom is 0.411 e. The SMILES string of the molecule is CC(C)=CCCC1=C[C@H](C)C(COC(=O)Nc2ccccc2)(COC(=O)Nc2ccccc2)[C@H](C)C1. The van der Waals surface area contributed by atoms with Crippen LogP contribution in [0, 0.1) is 17.3 Å². The Kier molecular flexibility index (Phi) is 9.74. The van der Waals surface area contributed by atoms with Gasteiger partial charge in [0.15, 0.2) is 0 Å². The van der Waals surface area contributed by atoms with Crippen LogP contribution in [0.5, 0.6) is 0 Å². The number of hydrogen-bond donors (Lipinski definition) is 2. The highest BCUT2D eigenvalue weighted by molar-refractivity contribution is 5.85. The molecule has 0 fully saturated rings. The van der Waals surface area contributed by atoms with Crippen molar-refractivity contribution in [3.05, 3.63) is 84.0 Å². The van der Waals surface area contributed by atoms with E-state index < -0.39 is 17.6 Å². The van der Waals surface area contributed by atoms with Gasteiger partial charge in [-0.15, -0.1) is 0 Å². The van der Waals surface area contributed by atoms with E-state index in [1.807, 2.05) is 36.4 Å². The molecule has 0 unspecified atom stereocenters. The van der Waals surface area contributed by atoms with E-state index in [4.69, 9.17) is 9.47 Å². The predicted octanol–water partition coefficient (Wildman–Crippen LogP) is 7.82. The summed E-state index contributed by atoms with van der Waals surface area (Å²) in [5.74, 6) is 0.199. The van der Waals surface area contributed by atoms with Crippen LogP contribution in [0.15, 0.2) is 84.0 Å². The standard InChI is InChI=1S/C30H38N2O4/c1-22(2)12-11-13-25-18-23(3)30(24(4)19-25,20-35-28(33)31-26-14-7-5-8-15-26)21-36-29(34)32-27-16-9-6-10-17-27/h5-10,12,14-18,23-24H,11,13,19-21H2,1-4H3,(H,31,33)(H,32,34)/t23-,24+/m0/s1. The number of carbonyl (C=O) groups excluding carboxylic acids is 2. The second-order valence-corrected chi connectivity index (χ2v) is 9.91. The number of amides is 2. The first kappa shape index (κ1) is 27.1. The molecule has 0 heterocycles. The van der Waals surface area contributed by atoms with E-state index in [9.17, 15) is 9.59 Å². The first-order valence-electron chi connectivity index (χ1n) is 12.6. The fourth-order valence-electron chi connectivity index (χ4n) is 4.70. The van der Waals surface area contributed by atoms with Crippen molar-refractivity contribution >= 4 is 23.6 Å². The number of hydrogen-bond acceptors (Lipinski definition) is 4. The Morgan fingerprint density at radius 3 is 1.83 bits per heavy atom. The molecule has 0 aromatic heterocycles. The molecule has 2 aromatic carbocycles. The van der Waals surface area contributed by atoms with Crippen molar-refractivity contribution in [2.45, 2.75) is 47.0 Å². The van der Waals surface area contributed by atoms with E-state index in [-0.39, 0.29) is 25.0 Å². The van der Waals surface area contributed by atoms with Gasteiger partial charge in [-0.1, -0.05) is 73.5 Å². The van der Waals surface area contributed by atoms with Crippen molar-refractivity contribution < 1.29 is 19.1 Å². The average molecular weight is 491 g/mol. The smallest absolute Gasteiger partial charge is 0.411 e. The molecule has 36 heavy (non-hydrogen) atoms. The number of nitrogens with one attached hydrogen (secondary N) is 2. The normalized spacial score (nSPS) is 18.4. The van der Waals surface area contributed by atoms with Crippen LogP contribution in [0.25, 0.3) is 0 Å². The van der Waals surface area contributed by atoms with Gasteiger partial charge in [0.1, 0.15) is 13.2 Å². The third-order valence-electron chi connectivity index (χ3n) is 6.94. The summed E-state index contributed by atoms with van der Waals surface area (Å²) in [7, 11) is 0. The Morgan fingerprint density at radius 2 is 1.39 bits per heavy atom. The van der Waals surface area contributed by atoms with Gasteiger partial charge < -0.3 is 9.47 Å². The lowest BCUT2D eigenvalue weighted by atomic mass is 9.62. The Balaban J connectivity index is 1.71. The number of para-hydroxylation sites is 2. The van der Waals surface area contributed by atoms with Crippen LogP contribution in [0.1, 0.15) is 47.0 Å². The summed E-state index contributed by atoms with van der Waals surface area (Å²) in [6.45, 7) is 8.78. The minimum atomic E-state index is -0.540. The number of benzene rings is 2. The van der Waals surface area contributed by atoms with Gasteiger partial charge in [-0.2, -0.15) is 0 Å². The van der Waals surface area contributed by atoms with Crippen LogP contribution in [0.4, 0.5) is 21.0 Å². The molecule has 2 amide bonds. The van der Waals surface area contributed by atoms with Crippen LogP contribution in [-0.2, 0) is 9.47 Å². The molecule has 2 N–H and O–H groups in total. The lowest BCUT2D eigenvalue weighted by molar-refractivity contribution is -0.0318. The van der Waals surface area contributed by atoms with Gasteiger partial charge in [-0.05, 0) is 69.2 Å². The van der Waals surface area contributed by atoms with E-state index in [0.29, 0.717) is 11.4 Å². The first-order valence-corrected chi connectivity index (χ1v) is 12.6. The zero-order valence-corrected chi connectivity index (χ0v) is 21.8. The van der Waals surface area contributed by atoms with Crippen LogP contribution >= 0.6 is 0 Å². The monoisotopic (exact) mass is 490 g/mol. The fourth-order valence-corrected chi connectivity index (χ4v) is 4.70. The first-order chi connectivity index (χ1) is 17.3. The summed E-state index contributed by atoms with van der Waals surface area (Å²) in [6, 6.07) is 18.4. The topological polar surface area (TPSA) is 76.7 Å². The van der Waals surface area contributed by atoms with Gasteiger partial charge in [0, 0.05) is 16.8 Å². The summed E-state index contributed by atoms with van der Waals surface area (Å²) in [5.41, 5.74) is 3.51. The molecule has 0 spiro atoms. The highest BCUT2D eigenvalue weighted by atomic mass is 16.6. The molecule has 6 heteroatoms. The molecule has 1 aliphatic carbocycles. The van der Waals surface area contributed by atoms with Crippen LogP contribution < -0.4 is 10.6 Å². The van der Waals surface area contributed by atoms with Crippen molar-refractivity contribution in [2.24, 2.45) is 17.3 Å². The molecule has 2 aromatic rings. The zero-order valence-electron chi connectivity index (χ0n) is 21.8. The summed E-state index contributed by atoms with van der Waals surface area (Å²) >= 11 is 0. The third kappa shape index (κ3) is 7.74. The van der Waals surface area contributed by atoms with Crippen molar-refractivity contribution in [2.75, 3.05) is 23.8 Å². The molecule has 192 valence electrons. The zero-order chi connectivity index (χ0) is 26.0. The minimum Gasteiger partial charge on any atom is -0.449 e. The Bertz CT molecular complexity index is 1000. The number of ether oxygens (including phenoxy) is 2. The van der Waals surface area contributed by atoms with Gasteiger partial charge >= 0.3 is 12.2 Å². The minimum absolute atomic E-state index is 0.0528. The van der Waals surface area contributed by atoms with Crippen molar-refractivity contribution in [3.8, 4) is 0 Å². The molecule has 0 aliphatic heterocycles. The second-order valence-electron chi connectivity index (χ2n) is 9.91. The van der Waals surface area contributed by atoms with Gasteiger partial charge in [0.2, 0.25) is 0 Å². The highest BCUT2D eigenvalue weighted by Crippen LogP contribution is 2.46. The molecule has 0 bridgehead atoms. The van der Waals surface area contributed by atoms with Crippen LogP contribution in [0.3, 0.4) is 0 Å². The van der Waals surface area contributed by atoms with E-state index in [2.05, 4.69) is 50.5 Å². The van der Waals surface area contributed by atoms with Gasteiger partial charge in [-0.3, -0.25) is 10.6 Å². The summed E-state index contributed by atoms with van der Waals surface area (Å²) in [6.07, 6.45) is 6.36. The summed E-state index contributed by atoms with van der Waals surface area (Å²) < 4.78 is 11.5. The molecule has 6 nitrogen and oxygen atoms in total. The lowest BCUT2D eigenvalue weighted by Gasteiger charge is -2.45. The molecule has 1 aliphatic rings. The van der Waals surface area contributed by atoms with Crippen molar-refractivity contribution in [1.82, 2.24) is 0 Å². The van der Waals surface area contributed by atoms with Crippen LogP contribution in [-0.4, -0.2) is 25.4 Å². The largest absolute Gasteiger partial charge is 0.449 e. The molecule has 0 saturated heterocycles. The molecular weight excluding hydrogens is 452 g/mol. The summed E-state index contributed by atoms with van der Waals surface area (Å²) in [5, 5.41) is 5.54. The Labute approximate surface area is 214 Å². The number of rotatable bonds is 9. The van der Waals surface area contributed by atoms with E-state index in [0.717, 1.165) is 19.3 Å². The Hall–Kier alpha value is -3.54. The number of allylic oxidation sites excluding steroid dienone is 4. The molecule has 2 atom stereocenters. The quantitative estimate of drug-likeness (QED) is 0.351. The van der Waals surface area contributed by atoms with E-state index >= 15 is 0 Å². The van der Waals surface area contributed by atoms with E-state index in [1.165, 1.54) is 11.1 Å². The Morgan fingerprint density at radius 1 is 0.889 bits per heavy atom. The predicted molar refractivity (Wildman–Crippen MR) is 145 cm³/mol. The molecule has 0 saturated carbocycles. The summed E-state index contributed by atoms with van der Waals surface area (Å²) in [4.78, 5) is 25.2. The van der Waals surface area contributed by atoms with E-state index in [1.54, 1.807) is 24.3 Å². The van der Waals surface area contributed by atoms with Crippen molar-refractivity contribution in [1.29, 1.82) is 0 Å². The fraction of sp³-hybridized carbons (Fsp3) is 0.400. The molecule has 3 rings (SSSR count). The number of anilines is 2. The molecule has 0 radical (unpaired) electrons. The van der Waals surface area contributed by atoms with Gasteiger partial charge in [-0.25, -0.2) is 9.59 Å². The second kappa shape index (κ2) is 13.0. The van der Waals surface area contributed by atoms with Crippen molar-refractivity contribution in [3.63, 3.8) is 0 Å². The number of carbonyl (C=O) groups is 2. The maximum absolute atomic E-state index is 12.6. The lowest BCUT2D eigenvalue weighted by Crippen LogP contribution is -2.47. The average Bonchev–Trinajstić information content (AvgIpc) is 2.84. The molecular formula is C30H38N2O4. The van der Waals surface area contributed by atoms with Crippen LogP contribution in [0.2, 0.25) is 0 Å². The van der Waals surface area contributed by atoms with Gasteiger partial charge in [0.05, 0.1) is 0 Å². The highest BCUT2D eigenvalue weighted by Gasteiger charge is 2.46. The maximum atomic E-state index is 12.6.